The molecule has 5 nitrogen and oxygen atoms in total. The van der Waals surface area contributed by atoms with Gasteiger partial charge in [-0.2, -0.15) is 0 Å². The van der Waals surface area contributed by atoms with Gasteiger partial charge in [-0.25, -0.2) is 4.98 Å². The van der Waals surface area contributed by atoms with E-state index in [1.54, 1.807) is 6.07 Å². The highest BCUT2D eigenvalue weighted by molar-refractivity contribution is 5.92. The summed E-state index contributed by atoms with van der Waals surface area (Å²) in [5.74, 6) is 0.599. The number of rotatable bonds is 6. The molecule has 1 aliphatic heterocycles. The predicted octanol–water partition coefficient (Wildman–Crippen LogP) is 1.81. The average Bonchev–Trinajstić information content (AvgIpc) is 2.96. The fourth-order valence-electron chi connectivity index (χ4n) is 2.02. The van der Waals surface area contributed by atoms with E-state index in [2.05, 4.69) is 22.5 Å². The molecule has 0 aliphatic carbocycles. The number of aromatic nitrogens is 1. The van der Waals surface area contributed by atoms with Crippen molar-refractivity contribution >= 4 is 11.7 Å². The molecule has 5 heteroatoms. The highest BCUT2D eigenvalue weighted by Crippen LogP contribution is 2.11. The zero-order valence-corrected chi connectivity index (χ0v) is 11.3. The monoisotopic (exact) mass is 263 g/mol. The lowest BCUT2D eigenvalue weighted by Crippen LogP contribution is -2.32. The molecule has 1 fully saturated rings. The number of ether oxygens (including phenoxy) is 1. The van der Waals surface area contributed by atoms with Crippen LogP contribution in [0.4, 0.5) is 5.82 Å². The van der Waals surface area contributed by atoms with Crippen LogP contribution in [0.25, 0.3) is 0 Å². The number of carbonyl (C=O) groups excluding carboxylic acids is 1. The van der Waals surface area contributed by atoms with E-state index in [-0.39, 0.29) is 12.0 Å². The molecule has 0 spiro atoms. The van der Waals surface area contributed by atoms with Crippen molar-refractivity contribution in [2.75, 3.05) is 25.0 Å². The second-order valence-corrected chi connectivity index (χ2v) is 4.68. The maximum atomic E-state index is 12.0. The summed E-state index contributed by atoms with van der Waals surface area (Å²) in [4.78, 5) is 16.3. The lowest BCUT2D eigenvalue weighted by atomic mass is 10.2. The molecule has 1 amide bonds. The Morgan fingerprint density at radius 3 is 3.16 bits per heavy atom. The summed E-state index contributed by atoms with van der Waals surface area (Å²) in [5, 5.41) is 6.04. The van der Waals surface area contributed by atoms with Gasteiger partial charge in [-0.05, 0) is 31.4 Å². The fourth-order valence-corrected chi connectivity index (χ4v) is 2.02. The number of nitrogens with one attached hydrogen (secondary N) is 2. The zero-order chi connectivity index (χ0) is 13.5. The van der Waals surface area contributed by atoms with Gasteiger partial charge in [-0.1, -0.05) is 13.0 Å². The first-order valence-electron chi connectivity index (χ1n) is 6.90. The van der Waals surface area contributed by atoms with Gasteiger partial charge < -0.3 is 15.4 Å². The normalized spacial score (nSPS) is 18.3. The van der Waals surface area contributed by atoms with Gasteiger partial charge in [0.15, 0.2) is 0 Å². The van der Waals surface area contributed by atoms with E-state index in [1.165, 1.54) is 0 Å². The van der Waals surface area contributed by atoms with E-state index in [1.807, 2.05) is 12.1 Å². The number of pyridine rings is 1. The van der Waals surface area contributed by atoms with Gasteiger partial charge >= 0.3 is 0 Å². The van der Waals surface area contributed by atoms with E-state index in [0.717, 1.165) is 38.2 Å². The Morgan fingerprint density at radius 2 is 2.42 bits per heavy atom. The lowest BCUT2D eigenvalue weighted by molar-refractivity contribution is 0.0854. The minimum atomic E-state index is -0.143. The number of carbonyl (C=O) groups is 1. The molecule has 1 saturated heterocycles. The standard InChI is InChI=1S/C14H21N3O2/c1-2-8-15-13-7-3-6-12(17-13)14(18)16-10-11-5-4-9-19-11/h3,6-7,11H,2,4-5,8-10H2,1H3,(H,15,17)(H,16,18). The summed E-state index contributed by atoms with van der Waals surface area (Å²) >= 11 is 0. The number of hydrogen-bond acceptors (Lipinski definition) is 4. The van der Waals surface area contributed by atoms with Crippen LogP contribution in [0.2, 0.25) is 0 Å². The minimum Gasteiger partial charge on any atom is -0.376 e. The predicted molar refractivity (Wildman–Crippen MR) is 74.3 cm³/mol. The van der Waals surface area contributed by atoms with Crippen LogP contribution in [0, 0.1) is 0 Å². The maximum absolute atomic E-state index is 12.0. The molecule has 1 aromatic heterocycles. The molecule has 104 valence electrons. The largest absolute Gasteiger partial charge is 0.376 e. The Balaban J connectivity index is 1.86. The average molecular weight is 263 g/mol. The summed E-state index contributed by atoms with van der Waals surface area (Å²) in [6.07, 6.45) is 3.28. The third kappa shape index (κ3) is 4.21. The van der Waals surface area contributed by atoms with Gasteiger partial charge in [-0.3, -0.25) is 4.79 Å². The van der Waals surface area contributed by atoms with Crippen LogP contribution < -0.4 is 10.6 Å². The molecule has 0 bridgehead atoms. The molecule has 19 heavy (non-hydrogen) atoms. The van der Waals surface area contributed by atoms with Crippen LogP contribution in [-0.2, 0) is 4.74 Å². The third-order valence-electron chi connectivity index (χ3n) is 3.05. The van der Waals surface area contributed by atoms with Crippen LogP contribution in [0.15, 0.2) is 18.2 Å². The van der Waals surface area contributed by atoms with E-state index in [4.69, 9.17) is 4.74 Å². The highest BCUT2D eigenvalue weighted by atomic mass is 16.5. The van der Waals surface area contributed by atoms with Crippen LogP contribution in [0.1, 0.15) is 36.7 Å². The number of nitrogens with zero attached hydrogens (tertiary/aromatic N) is 1. The maximum Gasteiger partial charge on any atom is 0.270 e. The van der Waals surface area contributed by atoms with Crippen LogP contribution in [0.3, 0.4) is 0 Å². The minimum absolute atomic E-state index is 0.143. The van der Waals surface area contributed by atoms with Gasteiger partial charge in [0.1, 0.15) is 11.5 Å². The number of hydrogen-bond donors (Lipinski definition) is 2. The Labute approximate surface area is 113 Å². The molecular formula is C14H21N3O2. The lowest BCUT2D eigenvalue weighted by Gasteiger charge is -2.11. The molecular weight excluding hydrogens is 242 g/mol. The summed E-state index contributed by atoms with van der Waals surface area (Å²) < 4.78 is 5.47. The summed E-state index contributed by atoms with van der Waals surface area (Å²) in [5.41, 5.74) is 0.444. The van der Waals surface area contributed by atoms with E-state index >= 15 is 0 Å². The van der Waals surface area contributed by atoms with Gasteiger partial charge in [-0.15, -0.1) is 0 Å². The van der Waals surface area contributed by atoms with Crippen LogP contribution in [-0.4, -0.2) is 36.7 Å². The van der Waals surface area contributed by atoms with Crippen LogP contribution in [0.5, 0.6) is 0 Å². The van der Waals surface area contributed by atoms with Crippen molar-refractivity contribution in [1.29, 1.82) is 0 Å². The Kier molecular flexibility index (Phi) is 5.15. The Hall–Kier alpha value is -1.62. The molecule has 1 aliphatic rings. The van der Waals surface area contributed by atoms with Crippen LogP contribution >= 0.6 is 0 Å². The topological polar surface area (TPSA) is 63.2 Å². The fraction of sp³-hybridized carbons (Fsp3) is 0.571. The molecule has 0 saturated carbocycles. The smallest absolute Gasteiger partial charge is 0.270 e. The first-order valence-corrected chi connectivity index (χ1v) is 6.90. The van der Waals surface area contributed by atoms with Crippen molar-refractivity contribution < 1.29 is 9.53 Å². The van der Waals surface area contributed by atoms with Crippen molar-refractivity contribution in [1.82, 2.24) is 10.3 Å². The second-order valence-electron chi connectivity index (χ2n) is 4.68. The quantitative estimate of drug-likeness (QED) is 0.821. The third-order valence-corrected chi connectivity index (χ3v) is 3.05. The summed E-state index contributed by atoms with van der Waals surface area (Å²) in [6, 6.07) is 5.43. The van der Waals surface area contributed by atoms with E-state index in [9.17, 15) is 4.79 Å². The second kappa shape index (κ2) is 7.09. The number of amides is 1. The highest BCUT2D eigenvalue weighted by Gasteiger charge is 2.17. The first kappa shape index (κ1) is 13.8. The zero-order valence-electron chi connectivity index (χ0n) is 11.3. The van der Waals surface area contributed by atoms with Crippen molar-refractivity contribution in [3.63, 3.8) is 0 Å². The molecule has 1 unspecified atom stereocenters. The summed E-state index contributed by atoms with van der Waals surface area (Å²) in [7, 11) is 0. The molecule has 0 radical (unpaired) electrons. The van der Waals surface area contributed by atoms with E-state index in [0.29, 0.717) is 12.2 Å². The Morgan fingerprint density at radius 1 is 1.53 bits per heavy atom. The number of anilines is 1. The molecule has 1 atom stereocenters. The first-order chi connectivity index (χ1) is 9.29. The van der Waals surface area contributed by atoms with Crippen molar-refractivity contribution in [2.24, 2.45) is 0 Å². The summed E-state index contributed by atoms with van der Waals surface area (Å²) in [6.45, 7) is 4.31. The molecule has 1 aromatic rings. The van der Waals surface area contributed by atoms with Gasteiger partial charge in [0.2, 0.25) is 0 Å². The molecule has 2 heterocycles. The van der Waals surface area contributed by atoms with Gasteiger partial charge in [0, 0.05) is 19.7 Å². The van der Waals surface area contributed by atoms with Gasteiger partial charge in [0.25, 0.3) is 5.91 Å². The van der Waals surface area contributed by atoms with Gasteiger partial charge in [0.05, 0.1) is 6.10 Å². The Bertz CT molecular complexity index is 417. The molecule has 2 N–H and O–H groups in total. The molecule has 0 aromatic carbocycles. The van der Waals surface area contributed by atoms with Crippen molar-refractivity contribution in [2.45, 2.75) is 32.3 Å². The molecule has 2 rings (SSSR count). The SMILES string of the molecule is CCCNc1cccc(C(=O)NCC2CCCO2)n1. The van der Waals surface area contributed by atoms with Crippen molar-refractivity contribution in [3.05, 3.63) is 23.9 Å². The van der Waals surface area contributed by atoms with E-state index < -0.39 is 0 Å². The van der Waals surface area contributed by atoms with Crippen molar-refractivity contribution in [3.8, 4) is 0 Å².